The van der Waals surface area contributed by atoms with Crippen LogP contribution in [0.15, 0.2) is 30.6 Å². The van der Waals surface area contributed by atoms with Crippen LogP contribution in [-0.2, 0) is 0 Å². The van der Waals surface area contributed by atoms with Crippen molar-refractivity contribution in [1.29, 1.82) is 0 Å². The number of methoxy groups -OCH3 is 1. The van der Waals surface area contributed by atoms with E-state index >= 15 is 0 Å². The van der Waals surface area contributed by atoms with Gasteiger partial charge in [-0.25, -0.2) is 0 Å². The van der Waals surface area contributed by atoms with Gasteiger partial charge in [-0.2, -0.15) is 0 Å². The van der Waals surface area contributed by atoms with Crippen LogP contribution < -0.4 is 4.74 Å². The van der Waals surface area contributed by atoms with E-state index in [1.807, 2.05) is 12.3 Å². The Labute approximate surface area is 102 Å². The number of pyridine rings is 1. The fourth-order valence-electron chi connectivity index (χ4n) is 1.89. The number of ether oxygens (including phenoxy) is 1. The molecule has 0 aliphatic carbocycles. The molecule has 0 saturated carbocycles. The van der Waals surface area contributed by atoms with Crippen LogP contribution in [0.25, 0.3) is 11.1 Å². The van der Waals surface area contributed by atoms with Crippen molar-refractivity contribution in [2.45, 2.75) is 20.8 Å². The van der Waals surface area contributed by atoms with Crippen LogP contribution in [0.1, 0.15) is 16.7 Å². The van der Waals surface area contributed by atoms with Crippen LogP contribution in [0.3, 0.4) is 0 Å². The molecule has 0 aliphatic rings. The summed E-state index contributed by atoms with van der Waals surface area (Å²) in [6, 6.07) is 6.40. The van der Waals surface area contributed by atoms with E-state index in [1.165, 1.54) is 22.3 Å². The van der Waals surface area contributed by atoms with Crippen LogP contribution in [-0.4, -0.2) is 12.1 Å². The van der Waals surface area contributed by atoms with Gasteiger partial charge in [0, 0.05) is 11.8 Å². The van der Waals surface area contributed by atoms with Gasteiger partial charge in [0.1, 0.15) is 5.75 Å². The quantitative estimate of drug-likeness (QED) is 0.780. The van der Waals surface area contributed by atoms with E-state index in [9.17, 15) is 0 Å². The molecule has 0 fully saturated rings. The minimum atomic E-state index is 0.790. The lowest BCUT2D eigenvalue weighted by Gasteiger charge is -2.09. The molecule has 0 radical (unpaired) electrons. The van der Waals surface area contributed by atoms with Crippen molar-refractivity contribution in [1.82, 2.24) is 4.98 Å². The fraction of sp³-hybridized carbons (Fsp3) is 0.267. The molecular weight excluding hydrogens is 210 g/mol. The van der Waals surface area contributed by atoms with E-state index in [-0.39, 0.29) is 0 Å². The Kier molecular flexibility index (Phi) is 3.14. The molecule has 0 saturated heterocycles. The Morgan fingerprint density at radius 3 is 2.12 bits per heavy atom. The van der Waals surface area contributed by atoms with E-state index in [1.54, 1.807) is 13.3 Å². The van der Waals surface area contributed by atoms with Gasteiger partial charge in [0.2, 0.25) is 0 Å². The van der Waals surface area contributed by atoms with Gasteiger partial charge in [-0.15, -0.1) is 0 Å². The van der Waals surface area contributed by atoms with Gasteiger partial charge < -0.3 is 4.74 Å². The van der Waals surface area contributed by atoms with Crippen molar-refractivity contribution in [3.05, 3.63) is 47.3 Å². The number of hydrogen-bond donors (Lipinski definition) is 0. The Balaban J connectivity index is 2.52. The second-order valence-corrected chi connectivity index (χ2v) is 4.35. The van der Waals surface area contributed by atoms with Crippen LogP contribution >= 0.6 is 0 Å². The van der Waals surface area contributed by atoms with E-state index in [4.69, 9.17) is 4.74 Å². The molecule has 88 valence electrons. The maximum Gasteiger partial charge on any atom is 0.137 e. The number of benzene rings is 1. The molecule has 2 aromatic rings. The Hall–Kier alpha value is -1.83. The first-order valence-corrected chi connectivity index (χ1v) is 5.69. The lowest BCUT2D eigenvalue weighted by Crippen LogP contribution is -1.90. The fourth-order valence-corrected chi connectivity index (χ4v) is 1.89. The zero-order valence-corrected chi connectivity index (χ0v) is 10.7. The molecule has 2 nitrogen and oxygen atoms in total. The topological polar surface area (TPSA) is 22.1 Å². The standard InChI is InChI=1S/C15H17NO/c1-10-5-13(6-11(2)12(10)3)14-7-15(17-4)9-16-8-14/h5-9H,1-4H3. The number of aromatic nitrogens is 1. The third kappa shape index (κ3) is 2.31. The number of rotatable bonds is 2. The van der Waals surface area contributed by atoms with Gasteiger partial charge in [-0.3, -0.25) is 4.98 Å². The molecule has 2 rings (SSSR count). The van der Waals surface area contributed by atoms with Crippen molar-refractivity contribution in [3.63, 3.8) is 0 Å². The second-order valence-electron chi connectivity index (χ2n) is 4.35. The van der Waals surface area contributed by atoms with E-state index in [0.717, 1.165) is 11.3 Å². The van der Waals surface area contributed by atoms with Gasteiger partial charge in [0.05, 0.1) is 13.3 Å². The highest BCUT2D eigenvalue weighted by Crippen LogP contribution is 2.26. The van der Waals surface area contributed by atoms with E-state index < -0.39 is 0 Å². The van der Waals surface area contributed by atoms with Crippen LogP contribution in [0, 0.1) is 20.8 Å². The largest absolute Gasteiger partial charge is 0.495 e. The first-order valence-electron chi connectivity index (χ1n) is 5.69. The summed E-state index contributed by atoms with van der Waals surface area (Å²) in [7, 11) is 1.66. The highest BCUT2D eigenvalue weighted by Gasteiger charge is 2.04. The average molecular weight is 227 g/mol. The molecule has 0 amide bonds. The summed E-state index contributed by atoms with van der Waals surface area (Å²) in [4.78, 5) is 4.19. The normalized spacial score (nSPS) is 10.4. The van der Waals surface area contributed by atoms with Crippen LogP contribution in [0.4, 0.5) is 0 Å². The summed E-state index contributed by atoms with van der Waals surface area (Å²) in [6.45, 7) is 6.43. The minimum Gasteiger partial charge on any atom is -0.495 e. The third-order valence-corrected chi connectivity index (χ3v) is 3.21. The van der Waals surface area contributed by atoms with Crippen molar-refractivity contribution in [2.75, 3.05) is 7.11 Å². The summed E-state index contributed by atoms with van der Waals surface area (Å²) in [5.74, 6) is 0.790. The second kappa shape index (κ2) is 4.58. The molecule has 0 N–H and O–H groups in total. The molecule has 0 unspecified atom stereocenters. The lowest BCUT2D eigenvalue weighted by atomic mass is 9.97. The number of hydrogen-bond acceptors (Lipinski definition) is 2. The smallest absolute Gasteiger partial charge is 0.137 e. The Morgan fingerprint density at radius 1 is 0.882 bits per heavy atom. The molecule has 0 atom stereocenters. The molecule has 1 aromatic carbocycles. The number of aryl methyl sites for hydroxylation is 2. The van der Waals surface area contributed by atoms with Crippen molar-refractivity contribution >= 4 is 0 Å². The van der Waals surface area contributed by atoms with Crippen molar-refractivity contribution in [3.8, 4) is 16.9 Å². The summed E-state index contributed by atoms with van der Waals surface area (Å²) in [5.41, 5.74) is 6.25. The predicted octanol–water partition coefficient (Wildman–Crippen LogP) is 3.68. The molecule has 2 heteroatoms. The monoisotopic (exact) mass is 227 g/mol. The zero-order chi connectivity index (χ0) is 12.4. The summed E-state index contributed by atoms with van der Waals surface area (Å²) < 4.78 is 5.20. The van der Waals surface area contributed by atoms with Crippen LogP contribution in [0.2, 0.25) is 0 Å². The lowest BCUT2D eigenvalue weighted by molar-refractivity contribution is 0.413. The molecule has 0 aliphatic heterocycles. The Bertz CT molecular complexity index is 523. The van der Waals surface area contributed by atoms with Gasteiger partial charge in [-0.05, 0) is 49.1 Å². The molecule has 0 spiro atoms. The first-order chi connectivity index (χ1) is 8.11. The molecule has 1 heterocycles. The van der Waals surface area contributed by atoms with Gasteiger partial charge in [0.15, 0.2) is 0 Å². The molecular formula is C15H17NO. The number of nitrogens with zero attached hydrogens (tertiary/aromatic N) is 1. The summed E-state index contributed by atoms with van der Waals surface area (Å²) in [5, 5.41) is 0. The first kappa shape index (κ1) is 11.6. The SMILES string of the molecule is COc1cncc(-c2cc(C)c(C)c(C)c2)c1. The molecule has 0 bridgehead atoms. The van der Waals surface area contributed by atoms with Crippen molar-refractivity contribution < 1.29 is 4.74 Å². The van der Waals surface area contributed by atoms with Gasteiger partial charge >= 0.3 is 0 Å². The zero-order valence-electron chi connectivity index (χ0n) is 10.7. The predicted molar refractivity (Wildman–Crippen MR) is 70.4 cm³/mol. The third-order valence-electron chi connectivity index (χ3n) is 3.21. The highest BCUT2D eigenvalue weighted by molar-refractivity contribution is 5.66. The highest BCUT2D eigenvalue weighted by atomic mass is 16.5. The molecule has 1 aromatic heterocycles. The van der Waals surface area contributed by atoms with Gasteiger partial charge in [-0.1, -0.05) is 12.1 Å². The summed E-state index contributed by atoms with van der Waals surface area (Å²) in [6.07, 6.45) is 3.59. The van der Waals surface area contributed by atoms with E-state index in [2.05, 4.69) is 37.9 Å². The Morgan fingerprint density at radius 2 is 1.53 bits per heavy atom. The minimum absolute atomic E-state index is 0.790. The maximum atomic E-state index is 5.20. The summed E-state index contributed by atoms with van der Waals surface area (Å²) >= 11 is 0. The average Bonchev–Trinajstić information content (AvgIpc) is 2.35. The van der Waals surface area contributed by atoms with Crippen LogP contribution in [0.5, 0.6) is 5.75 Å². The van der Waals surface area contributed by atoms with Gasteiger partial charge in [0.25, 0.3) is 0 Å². The van der Waals surface area contributed by atoms with E-state index in [0.29, 0.717) is 0 Å². The molecule has 17 heavy (non-hydrogen) atoms. The maximum absolute atomic E-state index is 5.20. The van der Waals surface area contributed by atoms with Crippen molar-refractivity contribution in [2.24, 2.45) is 0 Å².